The number of pyridine rings is 1. The first-order valence-electron chi connectivity index (χ1n) is 10.0. The fourth-order valence-electron chi connectivity index (χ4n) is 3.51. The maximum atomic E-state index is 13.2. The number of hydrogen-bond acceptors (Lipinski definition) is 3. The van der Waals surface area contributed by atoms with Gasteiger partial charge in [-0.25, -0.2) is 4.98 Å². The minimum atomic E-state index is -4.51. The maximum absolute atomic E-state index is 13.2. The predicted octanol–water partition coefficient (Wildman–Crippen LogP) is 5.41. The van der Waals surface area contributed by atoms with Gasteiger partial charge in [-0.3, -0.25) is 4.79 Å². The third-order valence-corrected chi connectivity index (χ3v) is 5.80. The Labute approximate surface area is 179 Å². The molecular formula is C22H25ClF3N3O. The summed E-state index contributed by atoms with van der Waals surface area (Å²) in [5.41, 5.74) is 0.475. The number of halogens is 4. The van der Waals surface area contributed by atoms with E-state index in [1.807, 2.05) is 4.90 Å². The SMILES string of the molecule is CC1CCN(c2nc(C(F)(F)F)ccc2CNC(=O)C(C)c2ccc(Cl)cc2)CC1. The number of carbonyl (C=O) groups excluding carboxylic acids is 1. The van der Waals surface area contributed by atoms with Crippen molar-refractivity contribution in [2.45, 2.75) is 45.3 Å². The van der Waals surface area contributed by atoms with Crippen LogP contribution in [0.3, 0.4) is 0 Å². The van der Waals surface area contributed by atoms with Crippen LogP contribution < -0.4 is 10.2 Å². The van der Waals surface area contributed by atoms with Gasteiger partial charge in [-0.1, -0.05) is 36.7 Å². The molecule has 1 amide bonds. The molecule has 4 nitrogen and oxygen atoms in total. The van der Waals surface area contributed by atoms with Gasteiger partial charge in [-0.2, -0.15) is 13.2 Å². The highest BCUT2D eigenvalue weighted by Crippen LogP contribution is 2.32. The van der Waals surface area contributed by atoms with E-state index in [4.69, 9.17) is 11.6 Å². The molecule has 1 aromatic carbocycles. The molecule has 1 saturated heterocycles. The molecule has 2 aromatic rings. The number of nitrogens with one attached hydrogen (secondary N) is 1. The number of piperidine rings is 1. The van der Waals surface area contributed by atoms with Gasteiger partial charge < -0.3 is 10.2 Å². The largest absolute Gasteiger partial charge is 0.433 e. The molecule has 0 radical (unpaired) electrons. The van der Waals surface area contributed by atoms with Crippen LogP contribution in [0.2, 0.25) is 5.02 Å². The summed E-state index contributed by atoms with van der Waals surface area (Å²) in [5.74, 6) is 0.214. The van der Waals surface area contributed by atoms with Crippen LogP contribution in [0.25, 0.3) is 0 Å². The van der Waals surface area contributed by atoms with Gasteiger partial charge in [0, 0.05) is 30.2 Å². The molecule has 0 saturated carbocycles. The lowest BCUT2D eigenvalue weighted by molar-refractivity contribution is -0.141. The lowest BCUT2D eigenvalue weighted by Crippen LogP contribution is -2.35. The van der Waals surface area contributed by atoms with Crippen LogP contribution in [0.15, 0.2) is 36.4 Å². The van der Waals surface area contributed by atoms with Crippen LogP contribution in [-0.4, -0.2) is 24.0 Å². The molecule has 8 heteroatoms. The van der Waals surface area contributed by atoms with Gasteiger partial charge >= 0.3 is 6.18 Å². The van der Waals surface area contributed by atoms with Crippen LogP contribution >= 0.6 is 11.6 Å². The number of alkyl halides is 3. The number of hydrogen-bond donors (Lipinski definition) is 1. The maximum Gasteiger partial charge on any atom is 0.433 e. The summed E-state index contributed by atoms with van der Waals surface area (Å²) in [4.78, 5) is 18.4. The predicted molar refractivity (Wildman–Crippen MR) is 112 cm³/mol. The van der Waals surface area contributed by atoms with Crippen molar-refractivity contribution in [3.05, 3.63) is 58.2 Å². The Morgan fingerprint density at radius 1 is 1.20 bits per heavy atom. The quantitative estimate of drug-likeness (QED) is 0.677. The van der Waals surface area contributed by atoms with E-state index in [1.165, 1.54) is 6.07 Å². The third-order valence-electron chi connectivity index (χ3n) is 5.55. The fourth-order valence-corrected chi connectivity index (χ4v) is 3.63. The third kappa shape index (κ3) is 5.45. The summed E-state index contributed by atoms with van der Waals surface area (Å²) in [6.07, 6.45) is -2.71. The van der Waals surface area contributed by atoms with Crippen molar-refractivity contribution in [3.63, 3.8) is 0 Å². The minimum Gasteiger partial charge on any atom is -0.356 e. The highest BCUT2D eigenvalue weighted by atomic mass is 35.5. The number of amides is 1. The number of anilines is 1. The fraction of sp³-hybridized carbons (Fsp3) is 0.455. The van der Waals surface area contributed by atoms with Crippen molar-refractivity contribution in [2.75, 3.05) is 18.0 Å². The second kappa shape index (κ2) is 9.25. The summed E-state index contributed by atoms with van der Waals surface area (Å²) < 4.78 is 39.6. The molecule has 162 valence electrons. The van der Waals surface area contributed by atoms with Crippen molar-refractivity contribution in [2.24, 2.45) is 5.92 Å². The van der Waals surface area contributed by atoms with Gasteiger partial charge in [-0.15, -0.1) is 0 Å². The standard InChI is InChI=1S/C22H25ClF3N3O/c1-14-9-11-29(12-10-14)20-17(5-8-19(28-20)22(24,25)26)13-27-21(30)15(2)16-3-6-18(23)7-4-16/h3-8,14-15H,9-13H2,1-2H3,(H,27,30). The monoisotopic (exact) mass is 439 g/mol. The van der Waals surface area contributed by atoms with E-state index in [1.54, 1.807) is 31.2 Å². The Bertz CT molecular complexity index is 878. The Morgan fingerprint density at radius 2 is 1.83 bits per heavy atom. The smallest absolute Gasteiger partial charge is 0.356 e. The number of aromatic nitrogens is 1. The number of nitrogens with zero attached hydrogens (tertiary/aromatic N) is 2. The minimum absolute atomic E-state index is 0.114. The lowest BCUT2D eigenvalue weighted by Gasteiger charge is -2.33. The molecule has 0 spiro atoms. The van der Waals surface area contributed by atoms with Crippen LogP contribution in [0.1, 0.15) is 49.4 Å². The first kappa shape index (κ1) is 22.4. The van der Waals surface area contributed by atoms with Crippen molar-refractivity contribution in [3.8, 4) is 0 Å². The molecule has 2 heterocycles. The van der Waals surface area contributed by atoms with Crippen molar-refractivity contribution in [1.82, 2.24) is 10.3 Å². The highest BCUT2D eigenvalue weighted by molar-refractivity contribution is 6.30. The van der Waals surface area contributed by atoms with Gasteiger partial charge in [0.15, 0.2) is 0 Å². The highest BCUT2D eigenvalue weighted by Gasteiger charge is 2.34. The Morgan fingerprint density at radius 3 is 2.43 bits per heavy atom. The molecule has 1 N–H and O–H groups in total. The molecule has 1 aliphatic rings. The molecule has 30 heavy (non-hydrogen) atoms. The van der Waals surface area contributed by atoms with Gasteiger partial charge in [0.2, 0.25) is 5.91 Å². The zero-order chi connectivity index (χ0) is 21.9. The van der Waals surface area contributed by atoms with Gasteiger partial charge in [0.05, 0.1) is 5.92 Å². The first-order valence-corrected chi connectivity index (χ1v) is 10.4. The first-order chi connectivity index (χ1) is 14.1. The average molecular weight is 440 g/mol. The molecule has 3 rings (SSSR count). The van der Waals surface area contributed by atoms with Crippen LogP contribution in [0, 0.1) is 5.92 Å². The van der Waals surface area contributed by atoms with E-state index in [0.717, 1.165) is 24.5 Å². The van der Waals surface area contributed by atoms with Crippen molar-refractivity contribution in [1.29, 1.82) is 0 Å². The topological polar surface area (TPSA) is 45.2 Å². The van der Waals surface area contributed by atoms with Gasteiger partial charge in [0.1, 0.15) is 11.5 Å². The molecule has 0 bridgehead atoms. The molecule has 1 aliphatic heterocycles. The van der Waals surface area contributed by atoms with Crippen LogP contribution in [-0.2, 0) is 17.5 Å². The molecule has 0 aliphatic carbocycles. The molecular weight excluding hydrogens is 415 g/mol. The summed E-state index contributed by atoms with van der Waals surface area (Å²) in [7, 11) is 0. The lowest BCUT2D eigenvalue weighted by atomic mass is 9.98. The second-order valence-electron chi connectivity index (χ2n) is 7.84. The Hall–Kier alpha value is -2.28. The van der Waals surface area contributed by atoms with Crippen molar-refractivity contribution >= 4 is 23.3 Å². The van der Waals surface area contributed by atoms with Crippen LogP contribution in [0.5, 0.6) is 0 Å². The molecule has 1 unspecified atom stereocenters. The average Bonchev–Trinajstić information content (AvgIpc) is 2.72. The van der Waals surface area contributed by atoms with E-state index < -0.39 is 17.8 Å². The van der Waals surface area contributed by atoms with E-state index in [2.05, 4.69) is 17.2 Å². The van der Waals surface area contributed by atoms with E-state index in [0.29, 0.717) is 35.4 Å². The van der Waals surface area contributed by atoms with Crippen LogP contribution in [0.4, 0.5) is 19.0 Å². The van der Waals surface area contributed by atoms with Gasteiger partial charge in [-0.05, 0) is 49.4 Å². The molecule has 1 aromatic heterocycles. The van der Waals surface area contributed by atoms with E-state index in [-0.39, 0.29) is 12.5 Å². The van der Waals surface area contributed by atoms with Gasteiger partial charge in [0.25, 0.3) is 0 Å². The zero-order valence-corrected chi connectivity index (χ0v) is 17.7. The van der Waals surface area contributed by atoms with E-state index in [9.17, 15) is 18.0 Å². The molecule has 1 atom stereocenters. The summed E-state index contributed by atoms with van der Waals surface area (Å²) in [6, 6.07) is 9.39. The molecule has 1 fully saturated rings. The Kier molecular flexibility index (Phi) is 6.91. The normalized spacial score (nSPS) is 16.4. The number of rotatable bonds is 5. The summed E-state index contributed by atoms with van der Waals surface area (Å²) in [5, 5.41) is 3.42. The summed E-state index contributed by atoms with van der Waals surface area (Å²) >= 11 is 5.89. The second-order valence-corrected chi connectivity index (χ2v) is 8.27. The number of benzene rings is 1. The van der Waals surface area contributed by atoms with E-state index >= 15 is 0 Å². The zero-order valence-electron chi connectivity index (χ0n) is 17.0. The Balaban J connectivity index is 1.77. The summed E-state index contributed by atoms with van der Waals surface area (Å²) in [6.45, 7) is 5.32. The number of carbonyl (C=O) groups is 1. The van der Waals surface area contributed by atoms with Crippen molar-refractivity contribution < 1.29 is 18.0 Å².